The molecule has 3 rings (SSSR count). The highest BCUT2D eigenvalue weighted by Gasteiger charge is 2.31. The molecule has 0 saturated carbocycles. The molecule has 0 unspecified atom stereocenters. The molecule has 1 heterocycles. The summed E-state index contributed by atoms with van der Waals surface area (Å²) in [6.45, 7) is 0.314. The summed E-state index contributed by atoms with van der Waals surface area (Å²) in [5.74, 6) is -0.252. The van der Waals surface area contributed by atoms with Crippen LogP contribution in [0.1, 0.15) is 28.8 Å². The number of carbonyl (C=O) groups excluding carboxylic acids is 3. The zero-order chi connectivity index (χ0) is 23.1. The Morgan fingerprint density at radius 2 is 1.94 bits per heavy atom. The Bertz CT molecular complexity index is 1070. The summed E-state index contributed by atoms with van der Waals surface area (Å²) in [6, 6.07) is 14.1. The van der Waals surface area contributed by atoms with Crippen LogP contribution in [0.25, 0.3) is 6.08 Å². The average molecular weight is 534 g/mol. The molecule has 7 nitrogen and oxygen atoms in total. The quantitative estimate of drug-likeness (QED) is 0.319. The van der Waals surface area contributed by atoms with E-state index in [4.69, 9.17) is 17.0 Å². The monoisotopic (exact) mass is 533 g/mol. The van der Waals surface area contributed by atoms with Crippen molar-refractivity contribution in [3.05, 3.63) is 69.0 Å². The Hall–Kier alpha value is -2.69. The highest BCUT2D eigenvalue weighted by Crippen LogP contribution is 2.33. The number of carbonyl (C=O) groups is 3. The van der Waals surface area contributed by atoms with Crippen molar-refractivity contribution in [2.75, 3.05) is 13.7 Å². The van der Waals surface area contributed by atoms with Gasteiger partial charge in [-0.25, -0.2) is 0 Å². The van der Waals surface area contributed by atoms with Gasteiger partial charge in [0.1, 0.15) is 10.1 Å². The van der Waals surface area contributed by atoms with E-state index >= 15 is 0 Å². The molecule has 32 heavy (non-hydrogen) atoms. The van der Waals surface area contributed by atoms with Crippen LogP contribution < -0.4 is 15.6 Å². The van der Waals surface area contributed by atoms with E-state index in [1.54, 1.807) is 37.5 Å². The first-order valence-corrected chi connectivity index (χ1v) is 11.6. The number of hydrazine groups is 1. The van der Waals surface area contributed by atoms with Crippen LogP contribution in [0, 0.1) is 0 Å². The molecule has 1 fully saturated rings. The van der Waals surface area contributed by atoms with Gasteiger partial charge in [-0.15, -0.1) is 0 Å². The summed E-state index contributed by atoms with van der Waals surface area (Å²) in [7, 11) is 1.58. The molecular weight excluding hydrogens is 514 g/mol. The van der Waals surface area contributed by atoms with Crippen LogP contribution in [0.15, 0.2) is 57.9 Å². The number of benzene rings is 2. The lowest BCUT2D eigenvalue weighted by atomic mass is 10.2. The smallest absolute Gasteiger partial charge is 0.269 e. The molecule has 0 bridgehead atoms. The fraction of sp³-hybridized carbons (Fsp3) is 0.182. The summed E-state index contributed by atoms with van der Waals surface area (Å²) in [6.07, 6.45) is 2.30. The van der Waals surface area contributed by atoms with Gasteiger partial charge in [-0.3, -0.25) is 30.1 Å². The van der Waals surface area contributed by atoms with Gasteiger partial charge in [0.05, 0.1) is 12.0 Å². The van der Waals surface area contributed by atoms with E-state index in [2.05, 4.69) is 26.8 Å². The Morgan fingerprint density at radius 3 is 2.66 bits per heavy atom. The first-order chi connectivity index (χ1) is 15.4. The number of halogens is 1. The number of methoxy groups -OCH3 is 1. The lowest BCUT2D eigenvalue weighted by Crippen LogP contribution is -2.41. The van der Waals surface area contributed by atoms with Crippen LogP contribution in [0.5, 0.6) is 5.75 Å². The first-order valence-electron chi connectivity index (χ1n) is 9.61. The van der Waals surface area contributed by atoms with Gasteiger partial charge in [-0.05, 0) is 54.5 Å². The van der Waals surface area contributed by atoms with Gasteiger partial charge in [0.15, 0.2) is 0 Å². The number of hydrogen-bond acceptors (Lipinski definition) is 6. The summed E-state index contributed by atoms with van der Waals surface area (Å²) in [4.78, 5) is 38.8. The molecule has 2 aromatic carbocycles. The Morgan fingerprint density at radius 1 is 1.19 bits per heavy atom. The highest BCUT2D eigenvalue weighted by atomic mass is 79.9. The molecule has 1 aliphatic rings. The number of nitrogens with one attached hydrogen (secondary N) is 2. The molecule has 0 aliphatic carbocycles. The number of amides is 3. The molecule has 10 heteroatoms. The number of nitrogens with zero attached hydrogens (tertiary/aromatic N) is 1. The van der Waals surface area contributed by atoms with Crippen LogP contribution in [0.2, 0.25) is 0 Å². The van der Waals surface area contributed by atoms with Crippen LogP contribution >= 0.6 is 39.9 Å². The van der Waals surface area contributed by atoms with Crippen molar-refractivity contribution in [3.63, 3.8) is 0 Å². The standard InChI is InChI=1S/C22H20BrN3O4S2/c1-30-17-5-2-4-14(12-17)13-18-21(29)26(22(31)32-18)11-3-6-19(27)24-25-20(28)15-7-9-16(23)10-8-15/h2,4-5,7-10,12-13H,3,6,11H2,1H3,(H,24,27)(H,25,28). The lowest BCUT2D eigenvalue weighted by molar-refractivity contribution is -0.124. The molecule has 1 saturated heterocycles. The molecular formula is C22H20BrN3O4S2. The normalized spacial score (nSPS) is 14.6. The Kier molecular flexibility index (Phi) is 8.43. The third kappa shape index (κ3) is 6.41. The van der Waals surface area contributed by atoms with Crippen molar-refractivity contribution in [2.45, 2.75) is 12.8 Å². The second-order valence-electron chi connectivity index (χ2n) is 6.72. The molecule has 0 radical (unpaired) electrons. The maximum absolute atomic E-state index is 12.7. The minimum atomic E-state index is -0.412. The maximum atomic E-state index is 12.7. The van der Waals surface area contributed by atoms with Gasteiger partial charge < -0.3 is 4.74 Å². The van der Waals surface area contributed by atoms with Crippen molar-refractivity contribution in [1.29, 1.82) is 0 Å². The molecule has 1 aliphatic heterocycles. The van der Waals surface area contributed by atoms with Gasteiger partial charge >= 0.3 is 0 Å². The predicted molar refractivity (Wildman–Crippen MR) is 132 cm³/mol. The predicted octanol–water partition coefficient (Wildman–Crippen LogP) is 3.90. The summed E-state index contributed by atoms with van der Waals surface area (Å²) in [5, 5.41) is 0. The second-order valence-corrected chi connectivity index (χ2v) is 9.31. The van der Waals surface area contributed by atoms with E-state index in [1.165, 1.54) is 16.7 Å². The third-order valence-corrected chi connectivity index (χ3v) is 6.38. The first kappa shape index (κ1) is 24.0. The van der Waals surface area contributed by atoms with Gasteiger partial charge in [-0.1, -0.05) is 52.0 Å². The van der Waals surface area contributed by atoms with E-state index in [-0.39, 0.29) is 18.2 Å². The van der Waals surface area contributed by atoms with E-state index < -0.39 is 5.91 Å². The molecule has 0 aromatic heterocycles. The molecule has 3 amide bonds. The summed E-state index contributed by atoms with van der Waals surface area (Å²) in [5.41, 5.74) is 6.02. The van der Waals surface area contributed by atoms with E-state index in [0.29, 0.717) is 33.5 Å². The minimum Gasteiger partial charge on any atom is -0.497 e. The molecule has 0 spiro atoms. The largest absolute Gasteiger partial charge is 0.497 e. The van der Waals surface area contributed by atoms with Crippen LogP contribution in [0.4, 0.5) is 0 Å². The Labute approximate surface area is 203 Å². The highest BCUT2D eigenvalue weighted by molar-refractivity contribution is 9.10. The van der Waals surface area contributed by atoms with Gasteiger partial charge in [-0.2, -0.15) is 0 Å². The summed E-state index contributed by atoms with van der Waals surface area (Å²) >= 11 is 9.86. The minimum absolute atomic E-state index is 0.132. The molecule has 2 N–H and O–H groups in total. The lowest BCUT2D eigenvalue weighted by Gasteiger charge is -2.14. The van der Waals surface area contributed by atoms with Crippen LogP contribution in [0.3, 0.4) is 0 Å². The average Bonchev–Trinajstić information content (AvgIpc) is 3.05. The number of hydrogen-bond donors (Lipinski definition) is 2. The SMILES string of the molecule is COc1cccc(C=C2SC(=S)N(CCCC(=O)NNC(=O)c3ccc(Br)cc3)C2=O)c1. The van der Waals surface area contributed by atoms with Crippen molar-refractivity contribution < 1.29 is 19.1 Å². The third-order valence-electron chi connectivity index (χ3n) is 4.47. The number of thioether (sulfide) groups is 1. The van der Waals surface area contributed by atoms with E-state index in [1.807, 2.05) is 24.3 Å². The zero-order valence-corrected chi connectivity index (χ0v) is 20.3. The maximum Gasteiger partial charge on any atom is 0.269 e. The number of ether oxygens (including phenoxy) is 1. The second kappa shape index (κ2) is 11.3. The van der Waals surface area contributed by atoms with Crippen molar-refractivity contribution >= 4 is 68.0 Å². The van der Waals surface area contributed by atoms with Gasteiger partial charge in [0, 0.05) is 23.0 Å². The van der Waals surface area contributed by atoms with Crippen LogP contribution in [-0.2, 0) is 9.59 Å². The number of rotatable bonds is 7. The van der Waals surface area contributed by atoms with Gasteiger partial charge in [0.25, 0.3) is 11.8 Å². The Balaban J connectivity index is 1.47. The van der Waals surface area contributed by atoms with Crippen molar-refractivity contribution in [2.24, 2.45) is 0 Å². The zero-order valence-electron chi connectivity index (χ0n) is 17.1. The summed E-state index contributed by atoms with van der Waals surface area (Å²) < 4.78 is 6.51. The number of thiocarbonyl (C=S) groups is 1. The van der Waals surface area contributed by atoms with Gasteiger partial charge in [0.2, 0.25) is 5.91 Å². The topological polar surface area (TPSA) is 87.7 Å². The van der Waals surface area contributed by atoms with Crippen molar-refractivity contribution in [3.8, 4) is 5.75 Å². The molecule has 166 valence electrons. The van der Waals surface area contributed by atoms with E-state index in [9.17, 15) is 14.4 Å². The van der Waals surface area contributed by atoms with Crippen molar-refractivity contribution in [1.82, 2.24) is 15.8 Å². The van der Waals surface area contributed by atoms with E-state index in [0.717, 1.165) is 10.0 Å². The van der Waals surface area contributed by atoms with Crippen LogP contribution in [-0.4, -0.2) is 40.6 Å². The fourth-order valence-corrected chi connectivity index (χ4v) is 4.41. The molecule has 2 aromatic rings. The fourth-order valence-electron chi connectivity index (χ4n) is 2.84. The molecule has 0 atom stereocenters.